The van der Waals surface area contributed by atoms with Crippen LogP contribution >= 0.6 is 0 Å². The topological polar surface area (TPSA) is 78.9 Å². The number of hydrogen-bond acceptors (Lipinski definition) is 3. The highest BCUT2D eigenvalue weighted by Crippen LogP contribution is 2.44. The fourth-order valence-electron chi connectivity index (χ4n) is 4.81. The van der Waals surface area contributed by atoms with Gasteiger partial charge in [0.2, 0.25) is 0 Å². The van der Waals surface area contributed by atoms with Gasteiger partial charge in [-0.3, -0.25) is 0 Å². The van der Waals surface area contributed by atoms with Crippen LogP contribution in [-0.2, 0) is 4.74 Å². The third-order valence-electron chi connectivity index (χ3n) is 6.54. The quantitative estimate of drug-likeness (QED) is 0.610. The van der Waals surface area contributed by atoms with E-state index < -0.39 is 6.09 Å². The molecule has 0 radical (unpaired) electrons. The number of nitrogens with zero attached hydrogens (tertiary/aromatic N) is 1. The molecule has 2 amide bonds. The maximum absolute atomic E-state index is 12.2. The highest BCUT2D eigenvalue weighted by Gasteiger charge is 2.29. The van der Waals surface area contributed by atoms with Crippen LogP contribution < -0.4 is 5.32 Å². The van der Waals surface area contributed by atoms with E-state index >= 15 is 0 Å². The number of nitrogens with one attached hydrogen (secondary N) is 1. The van der Waals surface area contributed by atoms with Gasteiger partial charge < -0.3 is 20.1 Å². The van der Waals surface area contributed by atoms with Gasteiger partial charge in [0.05, 0.1) is 0 Å². The lowest BCUT2D eigenvalue weighted by Crippen LogP contribution is -2.37. The summed E-state index contributed by atoms with van der Waals surface area (Å²) in [5.41, 5.74) is 4.87. The van der Waals surface area contributed by atoms with Crippen LogP contribution in [0.25, 0.3) is 11.1 Å². The smallest absolute Gasteiger partial charge is 0.407 e. The van der Waals surface area contributed by atoms with Gasteiger partial charge in [0.1, 0.15) is 6.61 Å². The maximum atomic E-state index is 12.2. The summed E-state index contributed by atoms with van der Waals surface area (Å²) in [7, 11) is 0. The number of piperidine rings is 1. The fourth-order valence-corrected chi connectivity index (χ4v) is 4.81. The molecule has 2 aromatic carbocycles. The second-order valence-electron chi connectivity index (χ2n) is 8.46. The van der Waals surface area contributed by atoms with Crippen molar-refractivity contribution in [2.24, 2.45) is 5.92 Å². The largest absolute Gasteiger partial charge is 0.465 e. The normalized spacial score (nSPS) is 15.9. The standard InChI is InChI=1S/C25H30N2O4/c28-24(26-14-6-5-7-18-12-15-27(16-13-18)25(29)30)31-17-23-21-10-3-1-8-19(21)20-9-2-4-11-22(20)23/h1-4,8-11,18,23H,5-7,12-17H2,(H,26,28)(H,29,30). The van der Waals surface area contributed by atoms with E-state index in [1.807, 2.05) is 24.3 Å². The van der Waals surface area contributed by atoms with Crippen molar-refractivity contribution in [2.75, 3.05) is 26.2 Å². The number of hydrogen-bond donors (Lipinski definition) is 2. The number of carbonyl (C=O) groups is 2. The van der Waals surface area contributed by atoms with Gasteiger partial charge >= 0.3 is 12.2 Å². The highest BCUT2D eigenvalue weighted by molar-refractivity contribution is 5.79. The molecule has 1 heterocycles. The molecule has 31 heavy (non-hydrogen) atoms. The van der Waals surface area contributed by atoms with E-state index in [0.29, 0.717) is 32.2 Å². The van der Waals surface area contributed by atoms with Crippen molar-refractivity contribution in [3.63, 3.8) is 0 Å². The van der Waals surface area contributed by atoms with Crippen LogP contribution in [0.15, 0.2) is 48.5 Å². The van der Waals surface area contributed by atoms with Crippen LogP contribution in [0.2, 0.25) is 0 Å². The van der Waals surface area contributed by atoms with E-state index in [1.165, 1.54) is 27.2 Å². The second kappa shape index (κ2) is 9.86. The van der Waals surface area contributed by atoms with Gasteiger partial charge in [-0.25, -0.2) is 9.59 Å². The van der Waals surface area contributed by atoms with Crippen LogP contribution in [0.1, 0.15) is 49.1 Å². The first-order valence-corrected chi connectivity index (χ1v) is 11.2. The second-order valence-corrected chi connectivity index (χ2v) is 8.46. The number of unbranched alkanes of at least 4 members (excludes halogenated alkanes) is 1. The van der Waals surface area contributed by atoms with Gasteiger partial charge in [0.15, 0.2) is 0 Å². The number of fused-ring (bicyclic) bond motifs is 3. The third kappa shape index (κ3) is 5.01. The molecule has 1 aliphatic heterocycles. The lowest BCUT2D eigenvalue weighted by Gasteiger charge is -2.29. The Bertz CT molecular complexity index is 876. The van der Waals surface area contributed by atoms with Crippen molar-refractivity contribution < 1.29 is 19.4 Å². The summed E-state index contributed by atoms with van der Waals surface area (Å²) in [6.45, 7) is 2.21. The van der Waals surface area contributed by atoms with Crippen molar-refractivity contribution in [3.05, 3.63) is 59.7 Å². The monoisotopic (exact) mass is 422 g/mol. The first-order valence-electron chi connectivity index (χ1n) is 11.2. The Morgan fingerprint density at radius 2 is 1.58 bits per heavy atom. The first-order chi connectivity index (χ1) is 15.1. The van der Waals surface area contributed by atoms with Crippen LogP contribution in [0.4, 0.5) is 9.59 Å². The Kier molecular flexibility index (Phi) is 6.75. The molecule has 0 bridgehead atoms. The van der Waals surface area contributed by atoms with Crippen LogP contribution in [0, 0.1) is 5.92 Å². The Balaban J connectivity index is 1.16. The molecule has 6 heteroatoms. The zero-order chi connectivity index (χ0) is 21.6. The third-order valence-corrected chi connectivity index (χ3v) is 6.54. The predicted octanol–water partition coefficient (Wildman–Crippen LogP) is 5.09. The molecule has 0 aromatic heterocycles. The van der Waals surface area contributed by atoms with Crippen LogP contribution in [-0.4, -0.2) is 48.4 Å². The number of rotatable bonds is 7. The summed E-state index contributed by atoms with van der Waals surface area (Å²) in [6.07, 6.45) is 3.71. The zero-order valence-electron chi connectivity index (χ0n) is 17.8. The molecule has 6 nitrogen and oxygen atoms in total. The van der Waals surface area contributed by atoms with Gasteiger partial charge in [-0.1, -0.05) is 61.4 Å². The lowest BCUT2D eigenvalue weighted by molar-refractivity contribution is 0.122. The minimum absolute atomic E-state index is 0.0785. The highest BCUT2D eigenvalue weighted by atomic mass is 16.5. The molecular weight excluding hydrogens is 392 g/mol. The molecule has 2 aliphatic rings. The molecule has 1 aliphatic carbocycles. The molecular formula is C25H30N2O4. The van der Waals surface area contributed by atoms with Gasteiger partial charge in [-0.2, -0.15) is 0 Å². The SMILES string of the molecule is O=C(NCCCCC1CCN(C(=O)O)CC1)OCC1c2ccccc2-c2ccccc21. The minimum Gasteiger partial charge on any atom is -0.465 e. The maximum Gasteiger partial charge on any atom is 0.407 e. The average molecular weight is 423 g/mol. The number of carbonyl (C=O) groups excluding carboxylic acids is 1. The Morgan fingerprint density at radius 1 is 0.968 bits per heavy atom. The summed E-state index contributed by atoms with van der Waals surface area (Å²) in [5.74, 6) is 0.667. The van der Waals surface area contributed by atoms with Crippen LogP contribution in [0.3, 0.4) is 0 Å². The van der Waals surface area contributed by atoms with Crippen LogP contribution in [0.5, 0.6) is 0 Å². The molecule has 0 unspecified atom stereocenters. The van der Waals surface area contributed by atoms with Gasteiger partial charge in [0.25, 0.3) is 0 Å². The summed E-state index contributed by atoms with van der Waals surface area (Å²) < 4.78 is 5.56. The van der Waals surface area contributed by atoms with E-state index in [0.717, 1.165) is 32.1 Å². The van der Waals surface area contributed by atoms with E-state index in [-0.39, 0.29) is 12.0 Å². The summed E-state index contributed by atoms with van der Waals surface area (Å²) in [6, 6.07) is 16.6. The Labute approximate surface area is 183 Å². The number of alkyl carbamates (subject to hydrolysis) is 1. The number of likely N-dealkylation sites (tertiary alicyclic amines) is 1. The molecule has 0 atom stereocenters. The average Bonchev–Trinajstić information content (AvgIpc) is 3.11. The van der Waals surface area contributed by atoms with Crippen molar-refractivity contribution in [3.8, 4) is 11.1 Å². The number of ether oxygens (including phenoxy) is 1. The fraction of sp³-hybridized carbons (Fsp3) is 0.440. The zero-order valence-corrected chi connectivity index (χ0v) is 17.8. The molecule has 164 valence electrons. The molecule has 0 spiro atoms. The molecule has 4 rings (SSSR count). The van der Waals surface area contributed by atoms with E-state index in [9.17, 15) is 9.59 Å². The van der Waals surface area contributed by atoms with Crippen molar-refractivity contribution in [2.45, 2.75) is 38.0 Å². The molecule has 1 fully saturated rings. The van der Waals surface area contributed by atoms with Crippen molar-refractivity contribution >= 4 is 12.2 Å². The number of benzene rings is 2. The molecule has 0 saturated carbocycles. The van der Waals surface area contributed by atoms with Gasteiger partial charge in [0, 0.05) is 25.6 Å². The van der Waals surface area contributed by atoms with E-state index in [4.69, 9.17) is 9.84 Å². The number of amides is 2. The van der Waals surface area contributed by atoms with Gasteiger partial charge in [-0.05, 0) is 47.4 Å². The van der Waals surface area contributed by atoms with Crippen molar-refractivity contribution in [1.29, 1.82) is 0 Å². The molecule has 2 N–H and O–H groups in total. The van der Waals surface area contributed by atoms with E-state index in [1.54, 1.807) is 0 Å². The summed E-state index contributed by atoms with van der Waals surface area (Å²) in [4.78, 5) is 24.6. The Morgan fingerprint density at radius 3 is 2.19 bits per heavy atom. The number of carboxylic acid groups (broad SMARTS) is 1. The summed E-state index contributed by atoms with van der Waals surface area (Å²) in [5, 5.41) is 11.9. The van der Waals surface area contributed by atoms with E-state index in [2.05, 4.69) is 29.6 Å². The Hall–Kier alpha value is -3.02. The van der Waals surface area contributed by atoms with Crippen molar-refractivity contribution in [1.82, 2.24) is 10.2 Å². The minimum atomic E-state index is -0.814. The lowest BCUT2D eigenvalue weighted by atomic mass is 9.92. The predicted molar refractivity (Wildman–Crippen MR) is 119 cm³/mol. The first kappa shape index (κ1) is 21.2. The summed E-state index contributed by atoms with van der Waals surface area (Å²) >= 11 is 0. The molecule has 1 saturated heterocycles. The van der Waals surface area contributed by atoms with Gasteiger partial charge in [-0.15, -0.1) is 0 Å². The molecule has 2 aromatic rings.